The fourth-order valence-electron chi connectivity index (χ4n) is 1.99. The quantitative estimate of drug-likeness (QED) is 0.837. The molecule has 110 valence electrons. The molecular weight excluding hydrogens is 352 g/mol. The van der Waals surface area contributed by atoms with Gasteiger partial charge in [0.2, 0.25) is 0 Å². The Balaban J connectivity index is 2.24. The Morgan fingerprint density at radius 2 is 2.19 bits per heavy atom. The van der Waals surface area contributed by atoms with Crippen LogP contribution in [-0.2, 0) is 6.54 Å². The molecule has 4 nitrogen and oxygen atoms in total. The highest BCUT2D eigenvalue weighted by Gasteiger charge is 2.15. The number of carbonyl (C=O) groups is 1. The van der Waals surface area contributed by atoms with Gasteiger partial charge in [-0.3, -0.25) is 4.79 Å². The number of nitrogens with zero attached hydrogens (tertiary/aromatic N) is 1. The molecule has 1 aromatic carbocycles. The molecule has 0 aliphatic heterocycles. The van der Waals surface area contributed by atoms with Gasteiger partial charge in [-0.25, -0.2) is 0 Å². The molecule has 6 heteroatoms. The summed E-state index contributed by atoms with van der Waals surface area (Å²) in [5.74, 6) is 0.620. The highest BCUT2D eigenvalue weighted by molar-refractivity contribution is 9.10. The first-order chi connectivity index (χ1) is 10.0. The van der Waals surface area contributed by atoms with Gasteiger partial charge in [-0.15, -0.1) is 0 Å². The van der Waals surface area contributed by atoms with Gasteiger partial charge in [-0.1, -0.05) is 28.1 Å². The molecule has 0 fully saturated rings. The summed E-state index contributed by atoms with van der Waals surface area (Å²) in [5.41, 5.74) is 1.41. The summed E-state index contributed by atoms with van der Waals surface area (Å²) in [5, 5.41) is 0. The minimum absolute atomic E-state index is 0.126. The van der Waals surface area contributed by atoms with E-state index in [9.17, 15) is 4.79 Å². The third-order valence-electron chi connectivity index (χ3n) is 3.05. The number of ether oxygens (including phenoxy) is 1. The zero-order chi connectivity index (χ0) is 15.4. The molecule has 2 aromatic rings. The van der Waals surface area contributed by atoms with E-state index in [-0.39, 0.29) is 5.91 Å². The Morgan fingerprint density at radius 1 is 1.43 bits per heavy atom. The summed E-state index contributed by atoms with van der Waals surface area (Å²) >= 11 is 8.57. The van der Waals surface area contributed by atoms with E-state index in [1.54, 1.807) is 37.4 Å². The molecule has 1 aromatic heterocycles. The van der Waals surface area contributed by atoms with E-state index in [1.807, 2.05) is 18.2 Å². The Hall–Kier alpha value is -1.66. The fraction of sp³-hybridized carbons (Fsp3) is 0.200. The van der Waals surface area contributed by atoms with Crippen LogP contribution in [0.3, 0.4) is 0 Å². The number of nitrogens with one attached hydrogen (secondary N) is 1. The topological polar surface area (TPSA) is 45.3 Å². The van der Waals surface area contributed by atoms with Gasteiger partial charge in [0, 0.05) is 29.8 Å². The van der Waals surface area contributed by atoms with E-state index >= 15 is 0 Å². The van der Waals surface area contributed by atoms with Crippen molar-refractivity contribution in [2.45, 2.75) is 6.54 Å². The molecule has 1 N–H and O–H groups in total. The highest BCUT2D eigenvalue weighted by Crippen LogP contribution is 2.24. The van der Waals surface area contributed by atoms with Crippen LogP contribution in [0, 0.1) is 4.64 Å². The number of pyridine rings is 1. The van der Waals surface area contributed by atoms with Crippen molar-refractivity contribution in [1.82, 2.24) is 9.88 Å². The minimum Gasteiger partial charge on any atom is -0.496 e. The van der Waals surface area contributed by atoms with Crippen LogP contribution in [0.5, 0.6) is 5.75 Å². The maximum atomic E-state index is 12.4. The molecule has 0 radical (unpaired) electrons. The second-order valence-corrected chi connectivity index (χ2v) is 5.85. The molecule has 0 atom stereocenters. The van der Waals surface area contributed by atoms with E-state index in [0.717, 1.165) is 15.8 Å². The van der Waals surface area contributed by atoms with Gasteiger partial charge < -0.3 is 14.6 Å². The first-order valence-corrected chi connectivity index (χ1v) is 7.48. The average Bonchev–Trinajstić information content (AvgIpc) is 2.47. The second kappa shape index (κ2) is 6.87. The van der Waals surface area contributed by atoms with Crippen LogP contribution in [0.25, 0.3) is 0 Å². The van der Waals surface area contributed by atoms with Gasteiger partial charge in [-0.05, 0) is 30.3 Å². The summed E-state index contributed by atoms with van der Waals surface area (Å²) in [7, 11) is 3.35. The number of methoxy groups -OCH3 is 1. The van der Waals surface area contributed by atoms with E-state index in [2.05, 4.69) is 20.9 Å². The predicted octanol–water partition coefficient (Wildman–Crippen LogP) is 3.79. The first-order valence-electron chi connectivity index (χ1n) is 6.28. The third-order valence-corrected chi connectivity index (χ3v) is 3.88. The van der Waals surface area contributed by atoms with Gasteiger partial charge in [0.1, 0.15) is 10.4 Å². The zero-order valence-corrected chi connectivity index (χ0v) is 14.1. The maximum Gasteiger partial charge on any atom is 0.256 e. The highest BCUT2D eigenvalue weighted by atomic mass is 79.9. The molecule has 0 bridgehead atoms. The second-order valence-electron chi connectivity index (χ2n) is 4.53. The Kier molecular flexibility index (Phi) is 5.14. The monoisotopic (exact) mass is 366 g/mol. The number of aromatic nitrogens is 1. The molecule has 0 saturated carbocycles. The molecule has 1 amide bonds. The van der Waals surface area contributed by atoms with E-state index < -0.39 is 0 Å². The molecule has 0 aliphatic rings. The summed E-state index contributed by atoms with van der Waals surface area (Å²) < 4.78 is 6.71. The standard InChI is InChI=1S/C15H15BrN2O2S/c1-18(15(19)12-4-3-7-17-14(12)21)9-10-8-11(16)5-6-13(10)20-2/h3-8H,9H2,1-2H3,(H,17,21). The van der Waals surface area contributed by atoms with Crippen LogP contribution in [-0.4, -0.2) is 29.9 Å². The lowest BCUT2D eigenvalue weighted by atomic mass is 10.1. The van der Waals surface area contributed by atoms with Crippen molar-refractivity contribution >= 4 is 34.1 Å². The maximum absolute atomic E-state index is 12.4. The number of H-pyrrole nitrogens is 1. The lowest BCUT2D eigenvalue weighted by molar-refractivity contribution is 0.0783. The Bertz CT molecular complexity index is 715. The zero-order valence-electron chi connectivity index (χ0n) is 11.7. The third kappa shape index (κ3) is 3.71. The van der Waals surface area contributed by atoms with Crippen molar-refractivity contribution in [3.63, 3.8) is 0 Å². The normalized spacial score (nSPS) is 10.2. The number of benzene rings is 1. The van der Waals surface area contributed by atoms with Crippen molar-refractivity contribution < 1.29 is 9.53 Å². The van der Waals surface area contributed by atoms with Crippen LogP contribution >= 0.6 is 28.1 Å². The predicted molar refractivity (Wildman–Crippen MR) is 88.1 cm³/mol. The van der Waals surface area contributed by atoms with E-state index in [0.29, 0.717) is 16.7 Å². The van der Waals surface area contributed by atoms with E-state index in [1.165, 1.54) is 0 Å². The molecule has 0 aliphatic carbocycles. The summed E-state index contributed by atoms with van der Waals surface area (Å²) in [4.78, 5) is 16.9. The van der Waals surface area contributed by atoms with Crippen LogP contribution in [0.2, 0.25) is 0 Å². The van der Waals surface area contributed by atoms with Crippen LogP contribution in [0.1, 0.15) is 15.9 Å². The fourth-order valence-corrected chi connectivity index (χ4v) is 2.63. The molecular formula is C15H15BrN2O2S. The van der Waals surface area contributed by atoms with Crippen molar-refractivity contribution in [3.05, 3.63) is 56.8 Å². The Morgan fingerprint density at radius 3 is 2.86 bits per heavy atom. The number of halogens is 1. The Labute approximate surface area is 136 Å². The number of hydrogen-bond acceptors (Lipinski definition) is 3. The number of amides is 1. The minimum atomic E-state index is -0.126. The summed E-state index contributed by atoms with van der Waals surface area (Å²) in [6, 6.07) is 9.19. The van der Waals surface area contributed by atoms with Crippen LogP contribution < -0.4 is 4.74 Å². The van der Waals surface area contributed by atoms with Crippen molar-refractivity contribution in [1.29, 1.82) is 0 Å². The lowest BCUT2D eigenvalue weighted by Gasteiger charge is -2.19. The number of rotatable bonds is 4. The van der Waals surface area contributed by atoms with Gasteiger partial charge in [0.05, 0.1) is 12.7 Å². The molecule has 2 rings (SSSR count). The van der Waals surface area contributed by atoms with Gasteiger partial charge >= 0.3 is 0 Å². The largest absolute Gasteiger partial charge is 0.496 e. The number of hydrogen-bond donors (Lipinski definition) is 1. The van der Waals surface area contributed by atoms with Crippen molar-refractivity contribution in [2.75, 3.05) is 14.2 Å². The van der Waals surface area contributed by atoms with Gasteiger partial charge in [0.25, 0.3) is 5.91 Å². The van der Waals surface area contributed by atoms with Crippen molar-refractivity contribution in [2.24, 2.45) is 0 Å². The SMILES string of the molecule is COc1ccc(Br)cc1CN(C)C(=O)c1ccc[nH]c1=S. The smallest absolute Gasteiger partial charge is 0.256 e. The van der Waals surface area contributed by atoms with Crippen LogP contribution in [0.4, 0.5) is 0 Å². The molecule has 0 unspecified atom stereocenters. The van der Waals surface area contributed by atoms with Crippen LogP contribution in [0.15, 0.2) is 41.0 Å². The van der Waals surface area contributed by atoms with Crippen molar-refractivity contribution in [3.8, 4) is 5.75 Å². The lowest BCUT2D eigenvalue weighted by Crippen LogP contribution is -2.26. The molecule has 0 saturated heterocycles. The molecule has 21 heavy (non-hydrogen) atoms. The first kappa shape index (κ1) is 15.7. The van der Waals surface area contributed by atoms with Gasteiger partial charge in [0.15, 0.2) is 0 Å². The number of aromatic amines is 1. The number of carbonyl (C=O) groups excluding carboxylic acids is 1. The van der Waals surface area contributed by atoms with Gasteiger partial charge in [-0.2, -0.15) is 0 Å². The summed E-state index contributed by atoms with van der Waals surface area (Å²) in [6.07, 6.45) is 1.70. The molecule has 1 heterocycles. The van der Waals surface area contributed by atoms with E-state index in [4.69, 9.17) is 17.0 Å². The average molecular weight is 367 g/mol. The molecule has 0 spiro atoms. The summed E-state index contributed by atoms with van der Waals surface area (Å²) in [6.45, 7) is 0.436.